The van der Waals surface area contributed by atoms with Crippen LogP contribution in [0.2, 0.25) is 0 Å². The van der Waals surface area contributed by atoms with E-state index in [-0.39, 0.29) is 12.5 Å². The molecule has 2 unspecified atom stereocenters. The molecule has 0 saturated carbocycles. The molecule has 7 heteroatoms. The molecule has 2 atom stereocenters. The normalized spacial score (nSPS) is 20.0. The van der Waals surface area contributed by atoms with Crippen LogP contribution in [-0.2, 0) is 9.53 Å². The number of likely N-dealkylation sites (tertiary alicyclic amines) is 1. The quantitative estimate of drug-likeness (QED) is 0.808. The second-order valence-corrected chi connectivity index (χ2v) is 8.30. The molecule has 0 aromatic heterocycles. The van der Waals surface area contributed by atoms with Crippen molar-refractivity contribution in [3.8, 4) is 5.75 Å². The lowest BCUT2D eigenvalue weighted by Gasteiger charge is -2.32. The highest BCUT2D eigenvalue weighted by Crippen LogP contribution is 2.33. The van der Waals surface area contributed by atoms with Gasteiger partial charge in [-0.05, 0) is 58.4 Å². The van der Waals surface area contributed by atoms with Gasteiger partial charge < -0.3 is 19.5 Å². The number of ether oxygens (including phenoxy) is 2. The molecule has 1 aliphatic heterocycles. The van der Waals surface area contributed by atoms with Crippen molar-refractivity contribution in [3.63, 3.8) is 0 Å². The molecule has 2 rings (SSSR count). The Morgan fingerprint density at radius 3 is 2.32 bits per heavy atom. The third kappa shape index (κ3) is 4.87. The number of carbonyl (C=O) groups is 2. The van der Waals surface area contributed by atoms with E-state index in [4.69, 9.17) is 9.47 Å². The number of benzene rings is 1. The summed E-state index contributed by atoms with van der Waals surface area (Å²) < 4.78 is 12.1. The fraction of sp³-hybridized carbons (Fsp3) is 0.556. The van der Waals surface area contributed by atoms with E-state index >= 15 is 0 Å². The summed E-state index contributed by atoms with van der Waals surface area (Å²) in [7, 11) is 0. The summed E-state index contributed by atoms with van der Waals surface area (Å²) in [6.07, 6.45) is 0.116. The Morgan fingerprint density at radius 2 is 1.80 bits per heavy atom. The van der Waals surface area contributed by atoms with Crippen molar-refractivity contribution in [3.05, 3.63) is 28.7 Å². The third-order valence-electron chi connectivity index (χ3n) is 4.19. The lowest BCUT2D eigenvalue weighted by Crippen LogP contribution is -2.49. The van der Waals surface area contributed by atoms with Gasteiger partial charge >= 0.3 is 12.1 Å². The molecule has 1 saturated heterocycles. The van der Waals surface area contributed by atoms with Gasteiger partial charge in [-0.1, -0.05) is 15.9 Å². The Hall–Kier alpha value is -1.76. The second-order valence-electron chi connectivity index (χ2n) is 7.38. The number of halogens is 1. The Kier molecular flexibility index (Phi) is 5.66. The zero-order valence-corrected chi connectivity index (χ0v) is 16.5. The maximum atomic E-state index is 12.2. The van der Waals surface area contributed by atoms with Crippen LogP contribution in [0.5, 0.6) is 5.75 Å². The van der Waals surface area contributed by atoms with Crippen molar-refractivity contribution in [1.29, 1.82) is 0 Å². The molecule has 138 valence electrons. The van der Waals surface area contributed by atoms with E-state index in [1.54, 1.807) is 56.9 Å². The second kappa shape index (κ2) is 7.23. The summed E-state index contributed by atoms with van der Waals surface area (Å²) in [5.41, 5.74) is -2.01. The minimum Gasteiger partial charge on any atom is -0.478 e. The van der Waals surface area contributed by atoms with Gasteiger partial charge in [0.15, 0.2) is 0 Å². The van der Waals surface area contributed by atoms with Gasteiger partial charge in [-0.25, -0.2) is 9.59 Å². The summed E-state index contributed by atoms with van der Waals surface area (Å²) >= 11 is 3.34. The van der Waals surface area contributed by atoms with Crippen molar-refractivity contribution in [2.45, 2.75) is 45.3 Å². The topological polar surface area (TPSA) is 76.1 Å². The smallest absolute Gasteiger partial charge is 0.410 e. The van der Waals surface area contributed by atoms with Crippen molar-refractivity contribution in [2.24, 2.45) is 5.92 Å². The summed E-state index contributed by atoms with van der Waals surface area (Å²) in [4.78, 5) is 25.7. The van der Waals surface area contributed by atoms with Gasteiger partial charge in [-0.2, -0.15) is 0 Å². The van der Waals surface area contributed by atoms with Crippen LogP contribution in [0.25, 0.3) is 0 Å². The van der Waals surface area contributed by atoms with E-state index in [0.717, 1.165) is 4.47 Å². The van der Waals surface area contributed by atoms with Gasteiger partial charge in [0.2, 0.25) is 5.60 Å². The average Bonchev–Trinajstić information content (AvgIpc) is 2.98. The van der Waals surface area contributed by atoms with Gasteiger partial charge in [0.25, 0.3) is 0 Å². The minimum atomic E-state index is -1.43. The van der Waals surface area contributed by atoms with E-state index in [0.29, 0.717) is 18.7 Å². The minimum absolute atomic E-state index is 0.286. The van der Waals surface area contributed by atoms with Crippen LogP contribution < -0.4 is 4.74 Å². The highest BCUT2D eigenvalue weighted by Gasteiger charge is 2.48. The number of hydrogen-bond donors (Lipinski definition) is 1. The maximum Gasteiger partial charge on any atom is 0.410 e. The summed E-state index contributed by atoms with van der Waals surface area (Å²) in [6, 6.07) is 7.01. The number of carbonyl (C=O) groups excluding carboxylic acids is 1. The predicted octanol–water partition coefficient (Wildman–Crippen LogP) is 3.93. The van der Waals surface area contributed by atoms with Crippen LogP contribution in [0.1, 0.15) is 34.1 Å². The van der Waals surface area contributed by atoms with Crippen molar-refractivity contribution in [1.82, 2.24) is 4.90 Å². The summed E-state index contributed by atoms with van der Waals surface area (Å²) in [6.45, 7) is 7.70. The largest absolute Gasteiger partial charge is 0.478 e. The summed E-state index contributed by atoms with van der Waals surface area (Å²) in [5, 5.41) is 9.75. The Bertz CT molecular complexity index is 640. The van der Waals surface area contributed by atoms with Gasteiger partial charge in [0.1, 0.15) is 11.4 Å². The van der Waals surface area contributed by atoms with Gasteiger partial charge in [-0.15, -0.1) is 0 Å². The van der Waals surface area contributed by atoms with E-state index < -0.39 is 23.3 Å². The van der Waals surface area contributed by atoms with E-state index in [1.807, 2.05) is 0 Å². The van der Waals surface area contributed by atoms with Crippen LogP contribution >= 0.6 is 15.9 Å². The van der Waals surface area contributed by atoms with E-state index in [9.17, 15) is 14.7 Å². The van der Waals surface area contributed by atoms with Crippen LogP contribution in [0.15, 0.2) is 28.7 Å². The molecule has 0 spiro atoms. The standard InChI is InChI=1S/C18H24BrNO5/c1-17(2,3)25-16(23)20-10-9-12(11-20)18(4,15(21)22)24-14-7-5-13(19)6-8-14/h5-8,12H,9-11H2,1-4H3,(H,21,22). The van der Waals surface area contributed by atoms with Crippen LogP contribution in [0.4, 0.5) is 4.79 Å². The number of rotatable bonds is 4. The number of nitrogens with zero attached hydrogens (tertiary/aromatic N) is 1. The molecule has 0 aliphatic carbocycles. The number of hydrogen-bond acceptors (Lipinski definition) is 4. The highest BCUT2D eigenvalue weighted by atomic mass is 79.9. The molecule has 1 aromatic rings. The monoisotopic (exact) mass is 413 g/mol. The number of aliphatic carboxylic acids is 1. The zero-order valence-electron chi connectivity index (χ0n) is 14.9. The Labute approximate surface area is 156 Å². The molecule has 1 heterocycles. The van der Waals surface area contributed by atoms with Crippen LogP contribution in [0.3, 0.4) is 0 Å². The molecule has 25 heavy (non-hydrogen) atoms. The molecule has 1 N–H and O–H groups in total. The first kappa shape index (κ1) is 19.6. The average molecular weight is 414 g/mol. The van der Waals surface area contributed by atoms with E-state index in [2.05, 4.69) is 15.9 Å². The van der Waals surface area contributed by atoms with Gasteiger partial charge in [0.05, 0.1) is 0 Å². The highest BCUT2D eigenvalue weighted by molar-refractivity contribution is 9.10. The Morgan fingerprint density at radius 1 is 1.20 bits per heavy atom. The molecule has 0 radical (unpaired) electrons. The van der Waals surface area contributed by atoms with Gasteiger partial charge in [0, 0.05) is 23.5 Å². The molecule has 1 fully saturated rings. The maximum absolute atomic E-state index is 12.2. The summed E-state index contributed by atoms with van der Waals surface area (Å²) in [5.74, 6) is -0.906. The fourth-order valence-electron chi connectivity index (χ4n) is 2.75. The van der Waals surface area contributed by atoms with Gasteiger partial charge in [-0.3, -0.25) is 0 Å². The first-order chi connectivity index (χ1) is 11.5. The number of amides is 1. The van der Waals surface area contributed by atoms with Crippen LogP contribution in [0, 0.1) is 5.92 Å². The van der Waals surface area contributed by atoms with Crippen LogP contribution in [-0.4, -0.2) is 46.4 Å². The lowest BCUT2D eigenvalue weighted by atomic mass is 9.88. The molecular weight excluding hydrogens is 390 g/mol. The SMILES string of the molecule is CC(C)(C)OC(=O)N1CCC(C(C)(Oc2ccc(Br)cc2)C(=O)O)C1. The molecular formula is C18H24BrNO5. The van der Waals surface area contributed by atoms with E-state index in [1.165, 1.54) is 0 Å². The third-order valence-corrected chi connectivity index (χ3v) is 4.72. The first-order valence-electron chi connectivity index (χ1n) is 8.17. The van der Waals surface area contributed by atoms with Crippen molar-refractivity contribution < 1.29 is 24.2 Å². The molecule has 1 amide bonds. The fourth-order valence-corrected chi connectivity index (χ4v) is 3.02. The number of carboxylic acid groups (broad SMARTS) is 1. The van der Waals surface area contributed by atoms with Crippen molar-refractivity contribution >= 4 is 28.0 Å². The molecule has 6 nitrogen and oxygen atoms in total. The molecule has 0 bridgehead atoms. The predicted molar refractivity (Wildman–Crippen MR) is 96.7 cm³/mol. The molecule has 1 aromatic carbocycles. The molecule has 1 aliphatic rings. The number of carboxylic acids is 1. The Balaban J connectivity index is 2.11. The van der Waals surface area contributed by atoms with Crippen molar-refractivity contribution in [2.75, 3.05) is 13.1 Å². The zero-order chi connectivity index (χ0) is 18.8. The first-order valence-corrected chi connectivity index (χ1v) is 8.96. The lowest BCUT2D eigenvalue weighted by molar-refractivity contribution is -0.158.